The Bertz CT molecular complexity index is 400. The van der Waals surface area contributed by atoms with E-state index in [1.54, 1.807) is 26.1 Å². The number of nitrogens with zero attached hydrogens (tertiary/aromatic N) is 1. The van der Waals surface area contributed by atoms with E-state index in [0.717, 1.165) is 0 Å². The first kappa shape index (κ1) is 12.5. The minimum absolute atomic E-state index is 0.0533. The number of nitriles is 1. The van der Waals surface area contributed by atoms with E-state index in [-0.39, 0.29) is 11.9 Å². The van der Waals surface area contributed by atoms with Gasteiger partial charge in [-0.15, -0.1) is 0 Å². The Morgan fingerprint density at radius 2 is 2.12 bits per heavy atom. The maximum Gasteiger partial charge on any atom is 0.181 e. The van der Waals surface area contributed by atoms with Crippen molar-refractivity contribution < 1.29 is 9.13 Å². The predicted octanol–water partition coefficient (Wildman–Crippen LogP) is 2.40. The van der Waals surface area contributed by atoms with Gasteiger partial charge >= 0.3 is 0 Å². The van der Waals surface area contributed by atoms with Gasteiger partial charge in [0.1, 0.15) is 17.6 Å². The molecule has 4 heteroatoms. The van der Waals surface area contributed by atoms with Crippen LogP contribution in [-0.4, -0.2) is 13.2 Å². The monoisotopic (exact) mass is 222 g/mol. The molecule has 0 saturated heterocycles. The zero-order valence-electron chi connectivity index (χ0n) is 9.62. The highest BCUT2D eigenvalue weighted by atomic mass is 19.1. The fourth-order valence-electron chi connectivity index (χ4n) is 1.32. The first-order chi connectivity index (χ1) is 7.58. The summed E-state index contributed by atoms with van der Waals surface area (Å²) in [6.45, 7) is 3.49. The number of hydrogen-bond donors (Lipinski definition) is 1. The van der Waals surface area contributed by atoms with E-state index in [9.17, 15) is 4.39 Å². The summed E-state index contributed by atoms with van der Waals surface area (Å²) in [5.74, 6) is 0.0445. The van der Waals surface area contributed by atoms with Crippen LogP contribution in [-0.2, 0) is 0 Å². The summed E-state index contributed by atoms with van der Waals surface area (Å²) in [6, 6.07) is 6.50. The zero-order valence-corrected chi connectivity index (χ0v) is 9.62. The lowest BCUT2D eigenvalue weighted by molar-refractivity contribution is 0.275. The second-order valence-electron chi connectivity index (χ2n) is 3.58. The number of benzene rings is 1. The Morgan fingerprint density at radius 1 is 1.44 bits per heavy atom. The number of ether oxygens (including phenoxy) is 1. The first-order valence-corrected chi connectivity index (χ1v) is 5.11. The second kappa shape index (κ2) is 5.47. The van der Waals surface area contributed by atoms with Gasteiger partial charge in [-0.3, -0.25) is 0 Å². The molecule has 0 aliphatic rings. The molecule has 86 valence electrons. The van der Waals surface area contributed by atoms with Crippen LogP contribution in [0.5, 0.6) is 5.75 Å². The quantitative estimate of drug-likeness (QED) is 0.850. The van der Waals surface area contributed by atoms with Crippen molar-refractivity contribution in [2.75, 3.05) is 7.05 Å². The van der Waals surface area contributed by atoms with Crippen LogP contribution in [0.2, 0.25) is 0 Å². The molecule has 0 bridgehead atoms. The van der Waals surface area contributed by atoms with Crippen LogP contribution in [0.15, 0.2) is 18.2 Å². The molecule has 0 spiro atoms. The summed E-state index contributed by atoms with van der Waals surface area (Å²) in [5, 5.41) is 11.5. The highest BCUT2D eigenvalue weighted by molar-refractivity contribution is 5.31. The Labute approximate surface area is 94.8 Å². The van der Waals surface area contributed by atoms with Crippen LogP contribution < -0.4 is 10.1 Å². The number of hydrogen-bond acceptors (Lipinski definition) is 3. The van der Waals surface area contributed by atoms with E-state index in [4.69, 9.17) is 10.00 Å². The van der Waals surface area contributed by atoms with Gasteiger partial charge in [0.15, 0.2) is 6.10 Å². The van der Waals surface area contributed by atoms with Crippen LogP contribution in [0.3, 0.4) is 0 Å². The molecule has 1 aromatic rings. The molecule has 0 fully saturated rings. The molecular formula is C12H15FN2O. The highest BCUT2D eigenvalue weighted by Gasteiger charge is 2.11. The van der Waals surface area contributed by atoms with Crippen molar-refractivity contribution in [3.63, 3.8) is 0 Å². The summed E-state index contributed by atoms with van der Waals surface area (Å²) in [5.41, 5.74) is 0.583. The lowest BCUT2D eigenvalue weighted by Crippen LogP contribution is -2.14. The summed E-state index contributed by atoms with van der Waals surface area (Å²) < 4.78 is 18.8. The van der Waals surface area contributed by atoms with Gasteiger partial charge in [0.2, 0.25) is 0 Å². The number of halogens is 1. The van der Waals surface area contributed by atoms with Crippen LogP contribution in [0.25, 0.3) is 0 Å². The minimum atomic E-state index is -0.577. The topological polar surface area (TPSA) is 45.0 Å². The van der Waals surface area contributed by atoms with Crippen molar-refractivity contribution in [3.8, 4) is 11.8 Å². The van der Waals surface area contributed by atoms with Crippen molar-refractivity contribution in [2.24, 2.45) is 0 Å². The van der Waals surface area contributed by atoms with Gasteiger partial charge in [0.05, 0.1) is 0 Å². The Kier molecular flexibility index (Phi) is 4.27. The molecule has 2 atom stereocenters. The van der Waals surface area contributed by atoms with Crippen LogP contribution in [0.4, 0.5) is 4.39 Å². The van der Waals surface area contributed by atoms with Gasteiger partial charge in [-0.2, -0.15) is 5.26 Å². The molecule has 0 aromatic heterocycles. The lowest BCUT2D eigenvalue weighted by atomic mass is 10.1. The van der Waals surface area contributed by atoms with Gasteiger partial charge in [0.25, 0.3) is 0 Å². The van der Waals surface area contributed by atoms with E-state index in [1.807, 2.05) is 13.0 Å². The van der Waals surface area contributed by atoms with E-state index in [2.05, 4.69) is 5.32 Å². The standard InChI is InChI=1S/C12H15FN2O/c1-8(7-14)16-10-4-5-11(9(2)15-3)12(13)6-10/h4-6,8-9,15H,1-3H3. The summed E-state index contributed by atoms with van der Waals surface area (Å²) in [7, 11) is 1.77. The third kappa shape index (κ3) is 2.94. The molecular weight excluding hydrogens is 207 g/mol. The zero-order chi connectivity index (χ0) is 12.1. The molecule has 2 unspecified atom stereocenters. The number of rotatable bonds is 4. The van der Waals surface area contributed by atoms with Crippen molar-refractivity contribution in [1.29, 1.82) is 5.26 Å². The molecule has 0 heterocycles. The Balaban J connectivity index is 2.87. The van der Waals surface area contributed by atoms with E-state index in [0.29, 0.717) is 11.3 Å². The van der Waals surface area contributed by atoms with Crippen molar-refractivity contribution in [1.82, 2.24) is 5.32 Å². The molecule has 3 nitrogen and oxygen atoms in total. The van der Waals surface area contributed by atoms with Crippen LogP contribution >= 0.6 is 0 Å². The van der Waals surface area contributed by atoms with Gasteiger partial charge in [-0.25, -0.2) is 4.39 Å². The maximum atomic E-state index is 13.6. The van der Waals surface area contributed by atoms with Crippen molar-refractivity contribution in [3.05, 3.63) is 29.6 Å². The smallest absolute Gasteiger partial charge is 0.181 e. The molecule has 0 radical (unpaired) electrons. The highest BCUT2D eigenvalue weighted by Crippen LogP contribution is 2.22. The minimum Gasteiger partial charge on any atom is -0.476 e. The molecule has 16 heavy (non-hydrogen) atoms. The molecule has 0 aliphatic heterocycles. The third-order valence-electron chi connectivity index (χ3n) is 2.37. The van der Waals surface area contributed by atoms with Gasteiger partial charge in [0, 0.05) is 17.7 Å². The molecule has 1 rings (SSSR count). The maximum absolute atomic E-state index is 13.6. The van der Waals surface area contributed by atoms with Crippen molar-refractivity contribution in [2.45, 2.75) is 26.0 Å². The average molecular weight is 222 g/mol. The average Bonchev–Trinajstić information content (AvgIpc) is 2.28. The van der Waals surface area contributed by atoms with E-state index < -0.39 is 6.10 Å². The van der Waals surface area contributed by atoms with E-state index in [1.165, 1.54) is 6.07 Å². The Hall–Kier alpha value is -1.60. The molecule has 0 aliphatic carbocycles. The Morgan fingerprint density at radius 3 is 2.62 bits per heavy atom. The number of nitrogens with one attached hydrogen (secondary N) is 1. The van der Waals surface area contributed by atoms with Crippen molar-refractivity contribution >= 4 is 0 Å². The van der Waals surface area contributed by atoms with E-state index >= 15 is 0 Å². The molecule has 0 saturated carbocycles. The normalized spacial score (nSPS) is 13.9. The van der Waals surface area contributed by atoms with Gasteiger partial charge in [-0.05, 0) is 27.0 Å². The summed E-state index contributed by atoms with van der Waals surface area (Å²) in [6.07, 6.45) is -0.577. The first-order valence-electron chi connectivity index (χ1n) is 5.11. The van der Waals surface area contributed by atoms with Gasteiger partial charge < -0.3 is 10.1 Å². The van der Waals surface area contributed by atoms with Crippen LogP contribution in [0.1, 0.15) is 25.5 Å². The second-order valence-corrected chi connectivity index (χ2v) is 3.58. The largest absolute Gasteiger partial charge is 0.476 e. The fraction of sp³-hybridized carbons (Fsp3) is 0.417. The molecule has 0 amide bonds. The lowest BCUT2D eigenvalue weighted by Gasteiger charge is -2.13. The SMILES string of the molecule is CNC(C)c1ccc(OC(C)C#N)cc1F. The molecule has 1 N–H and O–H groups in total. The summed E-state index contributed by atoms with van der Waals surface area (Å²) in [4.78, 5) is 0. The third-order valence-corrected chi connectivity index (χ3v) is 2.37. The van der Waals surface area contributed by atoms with Crippen LogP contribution in [0, 0.1) is 17.1 Å². The predicted molar refractivity (Wildman–Crippen MR) is 59.6 cm³/mol. The summed E-state index contributed by atoms with van der Waals surface area (Å²) >= 11 is 0. The molecule has 1 aromatic carbocycles. The van der Waals surface area contributed by atoms with Gasteiger partial charge in [-0.1, -0.05) is 6.07 Å². The fourth-order valence-corrected chi connectivity index (χ4v) is 1.32.